The van der Waals surface area contributed by atoms with E-state index in [1.54, 1.807) is 0 Å². The van der Waals surface area contributed by atoms with Gasteiger partial charge in [0.05, 0.1) is 17.7 Å². The standard InChI is InChI=1S/C16H21N5O2S/c1-3-17-16-20-10(2)14(24-16)15(23)21-6-4-5-11(8-21)12-7-13(22)19-9-18-12/h7,9,11H,3-6,8H2,1-2H3,(H,17,20)(H,18,19,22). The first kappa shape index (κ1) is 16.6. The third-order valence-corrected chi connectivity index (χ3v) is 5.25. The monoisotopic (exact) mass is 347 g/mol. The third-order valence-electron chi connectivity index (χ3n) is 4.15. The second-order valence-corrected chi connectivity index (χ2v) is 6.89. The van der Waals surface area contributed by atoms with Gasteiger partial charge < -0.3 is 15.2 Å². The van der Waals surface area contributed by atoms with Gasteiger partial charge in [0.15, 0.2) is 5.13 Å². The van der Waals surface area contributed by atoms with Crippen LogP contribution < -0.4 is 10.9 Å². The van der Waals surface area contributed by atoms with Gasteiger partial charge in [-0.15, -0.1) is 0 Å². The van der Waals surface area contributed by atoms with E-state index in [1.807, 2.05) is 18.7 Å². The average molecular weight is 347 g/mol. The van der Waals surface area contributed by atoms with Crippen molar-refractivity contribution in [2.24, 2.45) is 0 Å². The minimum atomic E-state index is -0.156. The van der Waals surface area contributed by atoms with Crippen LogP contribution in [-0.4, -0.2) is 45.4 Å². The number of aromatic amines is 1. The van der Waals surface area contributed by atoms with Crippen molar-refractivity contribution < 1.29 is 4.79 Å². The van der Waals surface area contributed by atoms with Crippen LogP contribution in [0.5, 0.6) is 0 Å². The van der Waals surface area contributed by atoms with Gasteiger partial charge in [-0.05, 0) is 26.7 Å². The van der Waals surface area contributed by atoms with Gasteiger partial charge in [0.1, 0.15) is 4.88 Å². The summed E-state index contributed by atoms with van der Waals surface area (Å²) in [6, 6.07) is 1.53. The summed E-state index contributed by atoms with van der Waals surface area (Å²) in [6.07, 6.45) is 3.27. The van der Waals surface area contributed by atoms with Crippen molar-refractivity contribution in [3.05, 3.63) is 39.0 Å². The van der Waals surface area contributed by atoms with E-state index in [0.717, 1.165) is 42.5 Å². The number of rotatable bonds is 4. The molecule has 1 saturated heterocycles. The van der Waals surface area contributed by atoms with Crippen molar-refractivity contribution in [3.8, 4) is 0 Å². The van der Waals surface area contributed by atoms with Crippen molar-refractivity contribution in [1.82, 2.24) is 19.9 Å². The molecule has 0 radical (unpaired) electrons. The Kier molecular flexibility index (Phi) is 4.94. The molecule has 0 aromatic carbocycles. The Bertz CT molecular complexity index is 785. The van der Waals surface area contributed by atoms with Gasteiger partial charge in [-0.2, -0.15) is 0 Å². The number of hydrogen-bond acceptors (Lipinski definition) is 6. The molecule has 24 heavy (non-hydrogen) atoms. The minimum Gasteiger partial charge on any atom is -0.362 e. The number of thiazole rings is 1. The Morgan fingerprint density at radius 2 is 2.38 bits per heavy atom. The fraction of sp³-hybridized carbons (Fsp3) is 0.500. The van der Waals surface area contributed by atoms with E-state index < -0.39 is 0 Å². The van der Waals surface area contributed by atoms with E-state index in [9.17, 15) is 9.59 Å². The molecule has 1 unspecified atom stereocenters. The number of nitrogens with zero attached hydrogens (tertiary/aromatic N) is 3. The Morgan fingerprint density at radius 3 is 3.12 bits per heavy atom. The van der Waals surface area contributed by atoms with Crippen molar-refractivity contribution in [3.63, 3.8) is 0 Å². The molecule has 2 N–H and O–H groups in total. The predicted molar refractivity (Wildman–Crippen MR) is 93.8 cm³/mol. The summed E-state index contributed by atoms with van der Waals surface area (Å²) in [6.45, 7) is 5.96. The Labute approximate surface area is 144 Å². The number of carbonyl (C=O) groups excluding carboxylic acids is 1. The Morgan fingerprint density at radius 1 is 1.54 bits per heavy atom. The van der Waals surface area contributed by atoms with Crippen LogP contribution in [0.2, 0.25) is 0 Å². The summed E-state index contributed by atoms with van der Waals surface area (Å²) < 4.78 is 0. The van der Waals surface area contributed by atoms with Gasteiger partial charge in [0.25, 0.3) is 11.5 Å². The van der Waals surface area contributed by atoms with E-state index in [4.69, 9.17) is 0 Å². The lowest BCUT2D eigenvalue weighted by Gasteiger charge is -2.32. The maximum atomic E-state index is 12.9. The molecule has 128 valence electrons. The molecule has 3 rings (SSSR count). The Hall–Kier alpha value is -2.22. The van der Waals surface area contributed by atoms with Crippen LogP contribution in [0.25, 0.3) is 0 Å². The molecular weight excluding hydrogens is 326 g/mol. The molecule has 0 saturated carbocycles. The summed E-state index contributed by atoms with van der Waals surface area (Å²) in [7, 11) is 0. The maximum Gasteiger partial charge on any atom is 0.265 e. The van der Waals surface area contributed by atoms with Gasteiger partial charge in [0, 0.05) is 31.6 Å². The van der Waals surface area contributed by atoms with E-state index in [1.165, 1.54) is 23.7 Å². The molecule has 1 aliphatic heterocycles. The lowest BCUT2D eigenvalue weighted by atomic mass is 9.94. The van der Waals surface area contributed by atoms with Crippen molar-refractivity contribution in [1.29, 1.82) is 0 Å². The predicted octanol–water partition coefficient (Wildman–Crippen LogP) is 1.99. The van der Waals surface area contributed by atoms with Crippen molar-refractivity contribution in [2.45, 2.75) is 32.6 Å². The topological polar surface area (TPSA) is 91.0 Å². The van der Waals surface area contributed by atoms with E-state index in [2.05, 4.69) is 20.3 Å². The lowest BCUT2D eigenvalue weighted by molar-refractivity contribution is 0.0710. The summed E-state index contributed by atoms with van der Waals surface area (Å²) in [5.41, 5.74) is 1.36. The first-order chi connectivity index (χ1) is 11.6. The zero-order valence-corrected chi connectivity index (χ0v) is 14.7. The average Bonchev–Trinajstić information content (AvgIpc) is 2.95. The summed E-state index contributed by atoms with van der Waals surface area (Å²) >= 11 is 1.40. The summed E-state index contributed by atoms with van der Waals surface area (Å²) in [4.78, 5) is 38.1. The van der Waals surface area contributed by atoms with Crippen LogP contribution >= 0.6 is 11.3 Å². The number of amides is 1. The maximum absolute atomic E-state index is 12.9. The molecule has 2 aromatic heterocycles. The normalized spacial score (nSPS) is 17.8. The molecule has 0 spiro atoms. The fourth-order valence-corrected chi connectivity index (χ4v) is 3.98. The number of likely N-dealkylation sites (tertiary alicyclic amines) is 1. The molecule has 8 heteroatoms. The van der Waals surface area contributed by atoms with Crippen LogP contribution in [0.3, 0.4) is 0 Å². The highest BCUT2D eigenvalue weighted by Crippen LogP contribution is 2.29. The molecule has 1 amide bonds. The first-order valence-corrected chi connectivity index (χ1v) is 8.95. The van der Waals surface area contributed by atoms with Crippen LogP contribution in [0.4, 0.5) is 5.13 Å². The molecule has 3 heterocycles. The van der Waals surface area contributed by atoms with Crippen LogP contribution in [0.15, 0.2) is 17.2 Å². The second kappa shape index (κ2) is 7.12. The van der Waals surface area contributed by atoms with E-state index in [-0.39, 0.29) is 17.4 Å². The summed E-state index contributed by atoms with van der Waals surface area (Å²) in [5.74, 6) is 0.121. The largest absolute Gasteiger partial charge is 0.362 e. The third kappa shape index (κ3) is 3.48. The highest BCUT2D eigenvalue weighted by Gasteiger charge is 2.28. The smallest absolute Gasteiger partial charge is 0.265 e. The minimum absolute atomic E-state index is 0.0173. The van der Waals surface area contributed by atoms with Gasteiger partial charge in [-0.1, -0.05) is 11.3 Å². The second-order valence-electron chi connectivity index (χ2n) is 5.89. The van der Waals surface area contributed by atoms with E-state index in [0.29, 0.717) is 11.4 Å². The number of hydrogen-bond donors (Lipinski definition) is 2. The first-order valence-electron chi connectivity index (χ1n) is 8.13. The fourth-order valence-electron chi connectivity index (χ4n) is 2.98. The number of H-pyrrole nitrogens is 1. The highest BCUT2D eigenvalue weighted by atomic mass is 32.1. The van der Waals surface area contributed by atoms with Gasteiger partial charge in [-0.25, -0.2) is 9.97 Å². The zero-order chi connectivity index (χ0) is 17.1. The van der Waals surface area contributed by atoms with E-state index >= 15 is 0 Å². The quantitative estimate of drug-likeness (QED) is 0.882. The van der Waals surface area contributed by atoms with Gasteiger partial charge in [0.2, 0.25) is 0 Å². The zero-order valence-electron chi connectivity index (χ0n) is 13.8. The molecule has 0 aliphatic carbocycles. The molecule has 1 fully saturated rings. The number of piperidine rings is 1. The van der Waals surface area contributed by atoms with Crippen molar-refractivity contribution in [2.75, 3.05) is 25.0 Å². The molecular formula is C16H21N5O2S. The lowest BCUT2D eigenvalue weighted by Crippen LogP contribution is -2.39. The number of aromatic nitrogens is 3. The number of anilines is 1. The number of aryl methyl sites for hydroxylation is 1. The van der Waals surface area contributed by atoms with Crippen LogP contribution in [0.1, 0.15) is 46.7 Å². The SMILES string of the molecule is CCNc1nc(C)c(C(=O)N2CCCC(c3cc(=O)[nH]cn3)C2)s1. The molecule has 1 atom stereocenters. The highest BCUT2D eigenvalue weighted by molar-refractivity contribution is 7.17. The number of nitrogens with one attached hydrogen (secondary N) is 2. The summed E-state index contributed by atoms with van der Waals surface area (Å²) in [5, 5.41) is 3.94. The molecule has 7 nitrogen and oxygen atoms in total. The molecule has 0 bridgehead atoms. The van der Waals surface area contributed by atoms with Gasteiger partial charge in [-0.3, -0.25) is 9.59 Å². The number of carbonyl (C=O) groups is 1. The molecule has 1 aliphatic rings. The van der Waals surface area contributed by atoms with Crippen LogP contribution in [0, 0.1) is 6.92 Å². The van der Waals surface area contributed by atoms with Crippen molar-refractivity contribution >= 4 is 22.4 Å². The van der Waals surface area contributed by atoms with Crippen LogP contribution in [-0.2, 0) is 0 Å². The molecule has 2 aromatic rings. The van der Waals surface area contributed by atoms with Gasteiger partial charge >= 0.3 is 0 Å². The Balaban J connectivity index is 1.77.